The third-order valence-corrected chi connectivity index (χ3v) is 4.53. The van der Waals surface area contributed by atoms with Crippen LogP contribution in [0.25, 0.3) is 0 Å². The maximum absolute atomic E-state index is 12.0. The van der Waals surface area contributed by atoms with Crippen molar-refractivity contribution < 1.29 is 9.53 Å². The number of rotatable bonds is 13. The predicted molar refractivity (Wildman–Crippen MR) is 140 cm³/mol. The Morgan fingerprint density at radius 3 is 1.84 bits per heavy atom. The van der Waals surface area contributed by atoms with Gasteiger partial charge in [-0.25, -0.2) is 4.79 Å². The first-order valence-electron chi connectivity index (χ1n) is 10.8. The lowest BCUT2D eigenvalue weighted by molar-refractivity contribution is -0.0163. The van der Waals surface area contributed by atoms with Crippen LogP contribution in [0, 0.1) is 0 Å². The highest BCUT2D eigenvalue weighted by Crippen LogP contribution is 2.20. The molecule has 0 fully saturated rings. The van der Waals surface area contributed by atoms with E-state index in [9.17, 15) is 4.79 Å². The molecule has 1 amide bonds. The zero-order valence-electron chi connectivity index (χ0n) is 20.6. The second-order valence-electron chi connectivity index (χ2n) is 7.64. The second-order valence-corrected chi connectivity index (χ2v) is 7.64. The Hall–Kier alpha value is -0.700. The number of nitrogens with zero attached hydrogens (tertiary/aromatic N) is 4. The first-order chi connectivity index (χ1) is 14.9. The summed E-state index contributed by atoms with van der Waals surface area (Å²) < 4.78 is 5.65. The van der Waals surface area contributed by atoms with E-state index in [0.29, 0.717) is 0 Å². The van der Waals surface area contributed by atoms with Crippen LogP contribution in [-0.2, 0) is 4.74 Å². The van der Waals surface area contributed by atoms with Crippen molar-refractivity contribution in [2.75, 3.05) is 60.0 Å². The molecular weight excluding hydrogens is 524 g/mol. The van der Waals surface area contributed by atoms with Gasteiger partial charge < -0.3 is 14.5 Å². The lowest BCUT2D eigenvalue weighted by Gasteiger charge is -2.28. The molecule has 1 heterocycles. The molecule has 0 spiro atoms. The van der Waals surface area contributed by atoms with Gasteiger partial charge in [0.25, 0.3) is 0 Å². The Kier molecular flexibility index (Phi) is 23.6. The summed E-state index contributed by atoms with van der Waals surface area (Å²) in [4.78, 5) is 22.2. The number of halogens is 2. The standard InChI is InChI=1S/C21H38N4O2.2CH3Br/c1-23(2)17-13-9-7-6-8-10-14-18-25(5)20(27-21(26)24(3)4)19-15-11-12-16-22-19;2*1-2/h11-12,15-16,20H,6-10,13-14,17-18H2,1-5H3;2*1H3. The van der Waals surface area contributed by atoms with Crippen molar-refractivity contribution in [1.82, 2.24) is 19.7 Å². The third-order valence-electron chi connectivity index (χ3n) is 4.53. The zero-order valence-corrected chi connectivity index (χ0v) is 23.8. The molecule has 31 heavy (non-hydrogen) atoms. The Bertz CT molecular complexity index is 520. The van der Waals surface area contributed by atoms with Gasteiger partial charge in [-0.05, 0) is 64.3 Å². The second kappa shape index (κ2) is 22.5. The molecule has 0 saturated carbocycles. The zero-order chi connectivity index (χ0) is 24.1. The Labute approximate surface area is 208 Å². The molecule has 0 N–H and O–H groups in total. The average molecular weight is 568 g/mol. The summed E-state index contributed by atoms with van der Waals surface area (Å²) in [5.41, 5.74) is 0.760. The van der Waals surface area contributed by atoms with Gasteiger partial charge in [0, 0.05) is 26.8 Å². The average Bonchev–Trinajstić information content (AvgIpc) is 2.79. The summed E-state index contributed by atoms with van der Waals surface area (Å²) in [6, 6.07) is 5.69. The van der Waals surface area contributed by atoms with Crippen molar-refractivity contribution in [2.45, 2.75) is 51.2 Å². The number of alkyl halides is 2. The van der Waals surface area contributed by atoms with E-state index in [1.54, 1.807) is 20.3 Å². The molecule has 1 unspecified atom stereocenters. The molecule has 0 aliphatic rings. The van der Waals surface area contributed by atoms with Crippen LogP contribution in [0.1, 0.15) is 56.9 Å². The molecule has 1 rings (SSSR count). The van der Waals surface area contributed by atoms with Crippen molar-refractivity contribution in [2.24, 2.45) is 0 Å². The van der Waals surface area contributed by atoms with E-state index in [1.807, 2.05) is 36.9 Å². The molecule has 0 saturated heterocycles. The summed E-state index contributed by atoms with van der Waals surface area (Å²) in [7, 11) is 9.63. The van der Waals surface area contributed by atoms with Gasteiger partial charge in [-0.2, -0.15) is 0 Å². The monoisotopic (exact) mass is 566 g/mol. The van der Waals surface area contributed by atoms with Gasteiger partial charge in [0.2, 0.25) is 6.23 Å². The number of carbonyl (C=O) groups is 1. The first kappa shape index (κ1) is 32.5. The number of carbonyl (C=O) groups excluding carboxylic acids is 1. The van der Waals surface area contributed by atoms with Gasteiger partial charge in [0.1, 0.15) is 0 Å². The normalized spacial score (nSPS) is 11.2. The molecule has 0 aliphatic heterocycles. The van der Waals surface area contributed by atoms with E-state index in [4.69, 9.17) is 4.74 Å². The number of unbranched alkanes of at least 4 members (excludes halogenated alkanes) is 6. The summed E-state index contributed by atoms with van der Waals surface area (Å²) in [5, 5.41) is 0. The van der Waals surface area contributed by atoms with Crippen LogP contribution in [-0.4, -0.2) is 85.8 Å². The molecule has 0 aromatic carbocycles. The predicted octanol–water partition coefficient (Wildman–Crippen LogP) is 6.02. The molecule has 1 atom stereocenters. The number of ether oxygens (including phenoxy) is 1. The quantitative estimate of drug-likeness (QED) is 0.165. The first-order valence-corrected chi connectivity index (χ1v) is 14.0. The lowest BCUT2D eigenvalue weighted by atomic mass is 10.1. The smallest absolute Gasteiger partial charge is 0.411 e. The van der Waals surface area contributed by atoms with Gasteiger partial charge in [0.05, 0.1) is 5.69 Å². The van der Waals surface area contributed by atoms with Crippen molar-refractivity contribution in [3.8, 4) is 0 Å². The highest BCUT2D eigenvalue weighted by atomic mass is 79.9. The largest absolute Gasteiger partial charge is 0.424 e. The van der Waals surface area contributed by atoms with Crippen LogP contribution < -0.4 is 0 Å². The molecule has 6 nitrogen and oxygen atoms in total. The fraction of sp³-hybridized carbons (Fsp3) is 0.739. The molecule has 0 radical (unpaired) electrons. The topological polar surface area (TPSA) is 48.9 Å². The minimum Gasteiger partial charge on any atom is -0.424 e. The Morgan fingerprint density at radius 2 is 1.39 bits per heavy atom. The van der Waals surface area contributed by atoms with Gasteiger partial charge in [-0.1, -0.05) is 70.0 Å². The maximum Gasteiger partial charge on any atom is 0.411 e. The minimum atomic E-state index is -0.452. The number of hydrogen-bond donors (Lipinski definition) is 0. The highest BCUT2D eigenvalue weighted by Gasteiger charge is 2.23. The van der Waals surface area contributed by atoms with E-state index >= 15 is 0 Å². The molecule has 1 aromatic rings. The number of pyridine rings is 1. The fourth-order valence-electron chi connectivity index (χ4n) is 2.89. The fourth-order valence-corrected chi connectivity index (χ4v) is 2.89. The Morgan fingerprint density at radius 1 is 0.871 bits per heavy atom. The van der Waals surface area contributed by atoms with Gasteiger partial charge >= 0.3 is 6.09 Å². The molecule has 182 valence electrons. The van der Waals surface area contributed by atoms with E-state index < -0.39 is 6.23 Å². The van der Waals surface area contributed by atoms with Crippen molar-refractivity contribution in [1.29, 1.82) is 0 Å². The minimum absolute atomic E-state index is 0.352. The highest BCUT2D eigenvalue weighted by molar-refractivity contribution is 9.09. The summed E-state index contributed by atoms with van der Waals surface area (Å²) in [6.45, 7) is 2.06. The SMILES string of the molecule is CBr.CBr.CN(C)CCCCCCCCCN(C)C(OC(=O)N(C)C)c1ccccn1. The van der Waals surface area contributed by atoms with Crippen LogP contribution in [0.5, 0.6) is 0 Å². The molecule has 0 aliphatic carbocycles. The number of amides is 1. The van der Waals surface area contributed by atoms with Crippen molar-refractivity contribution >= 4 is 38.0 Å². The third kappa shape index (κ3) is 17.5. The molecule has 8 heteroatoms. The van der Waals surface area contributed by atoms with Crippen LogP contribution in [0.15, 0.2) is 24.4 Å². The van der Waals surface area contributed by atoms with Crippen molar-refractivity contribution in [3.05, 3.63) is 30.1 Å². The van der Waals surface area contributed by atoms with E-state index in [2.05, 4.69) is 60.7 Å². The van der Waals surface area contributed by atoms with E-state index in [-0.39, 0.29) is 6.09 Å². The van der Waals surface area contributed by atoms with Gasteiger partial charge in [-0.15, -0.1) is 0 Å². The molecular formula is C23H44Br2N4O2. The molecule has 1 aromatic heterocycles. The molecule has 0 bridgehead atoms. The van der Waals surface area contributed by atoms with Crippen molar-refractivity contribution in [3.63, 3.8) is 0 Å². The van der Waals surface area contributed by atoms with Crippen LogP contribution in [0.4, 0.5) is 4.79 Å². The van der Waals surface area contributed by atoms with Gasteiger partial charge in [0.15, 0.2) is 0 Å². The summed E-state index contributed by atoms with van der Waals surface area (Å²) in [6.07, 6.45) is 9.72. The van der Waals surface area contributed by atoms with Crippen LogP contribution in [0.2, 0.25) is 0 Å². The number of aromatic nitrogens is 1. The summed E-state index contributed by atoms with van der Waals surface area (Å²) >= 11 is 5.88. The number of hydrogen-bond acceptors (Lipinski definition) is 5. The Balaban J connectivity index is 0. The van der Waals surface area contributed by atoms with E-state index in [1.165, 1.54) is 50.0 Å². The lowest BCUT2D eigenvalue weighted by Crippen LogP contribution is -2.34. The summed E-state index contributed by atoms with van der Waals surface area (Å²) in [5.74, 6) is 3.62. The van der Waals surface area contributed by atoms with Crippen LogP contribution in [0.3, 0.4) is 0 Å². The maximum atomic E-state index is 12.0. The van der Waals surface area contributed by atoms with E-state index in [0.717, 1.165) is 18.7 Å². The van der Waals surface area contributed by atoms with Crippen LogP contribution >= 0.6 is 31.9 Å². The van der Waals surface area contributed by atoms with Gasteiger partial charge in [-0.3, -0.25) is 9.88 Å².